The van der Waals surface area contributed by atoms with Gasteiger partial charge in [-0.15, -0.1) is 6.42 Å². The molecule has 1 rings (SSSR count). The third-order valence-electron chi connectivity index (χ3n) is 2.07. The fourth-order valence-electron chi connectivity index (χ4n) is 1.26. The number of aliphatic carboxylic acids is 1. The van der Waals surface area contributed by atoms with E-state index in [0.717, 1.165) is 0 Å². The smallest absolute Gasteiger partial charge is 0.317 e. The van der Waals surface area contributed by atoms with Crippen LogP contribution in [0, 0.1) is 12.3 Å². The van der Waals surface area contributed by atoms with Crippen LogP contribution in [0.15, 0.2) is 6.20 Å². The van der Waals surface area contributed by atoms with E-state index in [0.29, 0.717) is 17.5 Å². The number of hydrogen-bond acceptors (Lipinski definition) is 3. The van der Waals surface area contributed by atoms with Crippen LogP contribution < -0.4 is 0 Å². The number of rotatable bonds is 5. The van der Waals surface area contributed by atoms with Crippen LogP contribution in [0.25, 0.3) is 0 Å². The van der Waals surface area contributed by atoms with Crippen molar-refractivity contribution in [3.05, 3.63) is 17.2 Å². The molecule has 6 heteroatoms. The van der Waals surface area contributed by atoms with Gasteiger partial charge in [-0.2, -0.15) is 0 Å². The minimum Gasteiger partial charge on any atom is -0.480 e. The van der Waals surface area contributed by atoms with Crippen LogP contribution in [0.5, 0.6) is 0 Å². The predicted octanol–water partition coefficient (Wildman–Crippen LogP) is 0.593. The molecule has 0 spiro atoms. The summed E-state index contributed by atoms with van der Waals surface area (Å²) in [5, 5.41) is 9.21. The minimum absolute atomic E-state index is 0.116. The van der Waals surface area contributed by atoms with Gasteiger partial charge in [0.05, 0.1) is 25.8 Å². The summed E-state index contributed by atoms with van der Waals surface area (Å²) < 4.78 is 1.69. The van der Waals surface area contributed by atoms with E-state index >= 15 is 0 Å². The van der Waals surface area contributed by atoms with Crippen molar-refractivity contribution in [3.63, 3.8) is 0 Å². The first kappa shape index (κ1) is 12.6. The summed E-state index contributed by atoms with van der Waals surface area (Å²) in [6.07, 6.45) is 6.68. The van der Waals surface area contributed by atoms with Gasteiger partial charge in [0.1, 0.15) is 11.0 Å². The third kappa shape index (κ3) is 3.26. The molecule has 5 nitrogen and oxygen atoms in total. The van der Waals surface area contributed by atoms with Crippen molar-refractivity contribution >= 4 is 17.6 Å². The lowest BCUT2D eigenvalue weighted by Gasteiger charge is -2.16. The molecular weight excluding hydrogens is 230 g/mol. The molecule has 0 aliphatic heterocycles. The highest BCUT2D eigenvalue weighted by molar-refractivity contribution is 6.29. The summed E-state index contributed by atoms with van der Waals surface area (Å²) >= 11 is 5.82. The zero-order chi connectivity index (χ0) is 12.1. The topological polar surface area (TPSA) is 58.4 Å². The fraction of sp³-hybridized carbons (Fsp3) is 0.400. The Morgan fingerprint density at radius 2 is 2.50 bits per heavy atom. The van der Waals surface area contributed by atoms with Gasteiger partial charge in [-0.25, -0.2) is 4.98 Å². The number of carbonyl (C=O) groups is 1. The summed E-state index contributed by atoms with van der Waals surface area (Å²) in [4.78, 5) is 16.3. The largest absolute Gasteiger partial charge is 0.480 e. The maximum absolute atomic E-state index is 10.6. The molecule has 0 atom stereocenters. The molecule has 0 aliphatic rings. The van der Waals surface area contributed by atoms with E-state index in [4.69, 9.17) is 23.1 Å². The molecule has 1 heterocycles. The molecule has 1 N–H and O–H groups in total. The fourth-order valence-corrected chi connectivity index (χ4v) is 1.41. The van der Waals surface area contributed by atoms with E-state index in [9.17, 15) is 4.79 Å². The summed E-state index contributed by atoms with van der Waals surface area (Å²) in [6, 6.07) is 0. The van der Waals surface area contributed by atoms with Gasteiger partial charge >= 0.3 is 5.97 Å². The molecule has 0 aromatic carbocycles. The van der Waals surface area contributed by atoms with Crippen LogP contribution in [0.4, 0.5) is 0 Å². The van der Waals surface area contributed by atoms with Gasteiger partial charge in [0.15, 0.2) is 0 Å². The number of carboxylic acid groups (broad SMARTS) is 1. The van der Waals surface area contributed by atoms with Gasteiger partial charge < -0.3 is 9.67 Å². The average molecular weight is 242 g/mol. The first-order valence-corrected chi connectivity index (χ1v) is 4.96. The van der Waals surface area contributed by atoms with Crippen molar-refractivity contribution in [1.29, 1.82) is 0 Å². The number of hydrogen-bond donors (Lipinski definition) is 1. The Morgan fingerprint density at radius 1 is 1.81 bits per heavy atom. The maximum atomic E-state index is 10.6. The van der Waals surface area contributed by atoms with E-state index in [1.54, 1.807) is 16.5 Å². The average Bonchev–Trinajstić information content (AvgIpc) is 2.49. The highest BCUT2D eigenvalue weighted by Gasteiger charge is 2.12. The van der Waals surface area contributed by atoms with Crippen LogP contribution in [0.1, 0.15) is 5.82 Å². The van der Waals surface area contributed by atoms with Gasteiger partial charge in [0, 0.05) is 7.05 Å². The molecule has 86 valence electrons. The van der Waals surface area contributed by atoms with E-state index in [-0.39, 0.29) is 13.1 Å². The van der Waals surface area contributed by atoms with Gasteiger partial charge in [-0.1, -0.05) is 17.5 Å². The molecular formula is C10H12ClN3O2. The first-order valence-electron chi connectivity index (χ1n) is 4.58. The molecule has 0 saturated carbocycles. The number of carboxylic acids is 1. The van der Waals surface area contributed by atoms with Gasteiger partial charge in [-0.3, -0.25) is 9.69 Å². The van der Waals surface area contributed by atoms with Crippen LogP contribution in [-0.4, -0.2) is 38.6 Å². The lowest BCUT2D eigenvalue weighted by atomic mass is 10.4. The standard InChI is InChI=1S/C10H12ClN3O2/c1-3-4-14(7-10(15)16)6-9-12-5-8(11)13(9)2/h1,5H,4,6-7H2,2H3,(H,15,16). The van der Waals surface area contributed by atoms with E-state index in [1.807, 2.05) is 0 Å². The summed E-state index contributed by atoms with van der Waals surface area (Å²) in [5.41, 5.74) is 0. The van der Waals surface area contributed by atoms with Crippen molar-refractivity contribution in [1.82, 2.24) is 14.5 Å². The molecule has 0 amide bonds. The number of imidazole rings is 1. The van der Waals surface area contributed by atoms with Crippen LogP contribution in [0.2, 0.25) is 5.15 Å². The molecule has 0 bridgehead atoms. The quantitative estimate of drug-likeness (QED) is 0.767. The Kier molecular flexibility index (Phi) is 4.35. The Morgan fingerprint density at radius 3 is 2.94 bits per heavy atom. The minimum atomic E-state index is -0.921. The molecule has 0 aliphatic carbocycles. The summed E-state index contributed by atoms with van der Waals surface area (Å²) in [5.74, 6) is 2.17. The molecule has 1 aromatic heterocycles. The van der Waals surface area contributed by atoms with Crippen LogP contribution in [0.3, 0.4) is 0 Å². The maximum Gasteiger partial charge on any atom is 0.317 e. The zero-order valence-corrected chi connectivity index (χ0v) is 9.61. The molecule has 16 heavy (non-hydrogen) atoms. The lowest BCUT2D eigenvalue weighted by molar-refractivity contribution is -0.138. The molecule has 0 unspecified atom stereocenters. The van der Waals surface area contributed by atoms with E-state index in [1.165, 1.54) is 6.20 Å². The number of nitrogens with zero attached hydrogens (tertiary/aromatic N) is 3. The Hall–Kier alpha value is -1.51. The van der Waals surface area contributed by atoms with Crippen molar-refractivity contribution in [3.8, 4) is 12.3 Å². The molecule has 0 fully saturated rings. The second-order valence-electron chi connectivity index (χ2n) is 3.30. The number of halogens is 1. The van der Waals surface area contributed by atoms with Gasteiger partial charge in [0.25, 0.3) is 0 Å². The highest BCUT2D eigenvalue weighted by Crippen LogP contribution is 2.10. The monoisotopic (exact) mass is 241 g/mol. The molecule has 0 saturated heterocycles. The lowest BCUT2D eigenvalue weighted by Crippen LogP contribution is -2.30. The second kappa shape index (κ2) is 5.54. The van der Waals surface area contributed by atoms with Crippen LogP contribution >= 0.6 is 11.6 Å². The van der Waals surface area contributed by atoms with Crippen LogP contribution in [-0.2, 0) is 18.4 Å². The van der Waals surface area contributed by atoms with E-state index < -0.39 is 5.97 Å². The highest BCUT2D eigenvalue weighted by atomic mass is 35.5. The first-order chi connectivity index (χ1) is 7.54. The number of aromatic nitrogens is 2. The predicted molar refractivity (Wildman–Crippen MR) is 60.0 cm³/mol. The van der Waals surface area contributed by atoms with Crippen molar-refractivity contribution < 1.29 is 9.90 Å². The summed E-state index contributed by atoms with van der Waals surface area (Å²) in [7, 11) is 1.76. The third-order valence-corrected chi connectivity index (χ3v) is 2.42. The molecule has 0 radical (unpaired) electrons. The Labute approximate surface area is 98.6 Å². The summed E-state index contributed by atoms with van der Waals surface area (Å²) in [6.45, 7) is 0.505. The van der Waals surface area contributed by atoms with Crippen molar-refractivity contribution in [2.45, 2.75) is 6.54 Å². The van der Waals surface area contributed by atoms with E-state index in [2.05, 4.69) is 10.9 Å². The van der Waals surface area contributed by atoms with Gasteiger partial charge in [0.2, 0.25) is 0 Å². The Balaban J connectivity index is 2.72. The second-order valence-corrected chi connectivity index (χ2v) is 3.69. The SMILES string of the molecule is C#CCN(CC(=O)O)Cc1ncc(Cl)n1C. The normalized spacial score (nSPS) is 10.4. The zero-order valence-electron chi connectivity index (χ0n) is 8.85. The van der Waals surface area contributed by atoms with Gasteiger partial charge in [-0.05, 0) is 0 Å². The van der Waals surface area contributed by atoms with Crippen molar-refractivity contribution in [2.24, 2.45) is 7.05 Å². The molecule has 1 aromatic rings. The Bertz CT molecular complexity index is 422. The number of terminal acetylenes is 1. The van der Waals surface area contributed by atoms with Crippen molar-refractivity contribution in [2.75, 3.05) is 13.1 Å².